The quantitative estimate of drug-likeness (QED) is 0.750. The molecule has 0 bridgehead atoms. The van der Waals surface area contributed by atoms with Crippen LogP contribution in [0.5, 0.6) is 0 Å². The van der Waals surface area contributed by atoms with E-state index >= 15 is 0 Å². The van der Waals surface area contributed by atoms with E-state index in [0.717, 1.165) is 0 Å². The summed E-state index contributed by atoms with van der Waals surface area (Å²) in [7, 11) is 3.37. The smallest absolute Gasteiger partial charge is 0.167 e. The minimum absolute atomic E-state index is 0.0762. The van der Waals surface area contributed by atoms with E-state index in [4.69, 9.17) is 14.2 Å². The Morgan fingerprint density at radius 3 is 2.88 bits per heavy atom. The predicted molar refractivity (Wildman–Crippen MR) is 86.4 cm³/mol. The van der Waals surface area contributed by atoms with Crippen LogP contribution in [0.4, 0.5) is 5.82 Å². The third-order valence-electron chi connectivity index (χ3n) is 4.15. The van der Waals surface area contributed by atoms with Gasteiger partial charge < -0.3 is 24.6 Å². The third-order valence-corrected chi connectivity index (χ3v) is 4.15. The van der Waals surface area contributed by atoms with Crippen molar-refractivity contribution in [3.63, 3.8) is 0 Å². The van der Waals surface area contributed by atoms with E-state index in [-0.39, 0.29) is 18.8 Å². The first kappa shape index (κ1) is 17.0. The fourth-order valence-corrected chi connectivity index (χ4v) is 2.82. The molecular weight excluding hydrogens is 314 g/mol. The number of imidazole rings is 1. The second-order valence-electron chi connectivity index (χ2n) is 6.12. The van der Waals surface area contributed by atoms with Crippen molar-refractivity contribution >= 4 is 17.0 Å². The lowest BCUT2D eigenvalue weighted by atomic mass is 10.2. The molecule has 1 aliphatic rings. The number of nitrogens with zero attached hydrogens (tertiary/aromatic N) is 4. The lowest BCUT2D eigenvalue weighted by Crippen LogP contribution is -2.35. The number of anilines is 1. The van der Waals surface area contributed by atoms with Crippen molar-refractivity contribution in [3.8, 4) is 0 Å². The summed E-state index contributed by atoms with van der Waals surface area (Å²) >= 11 is 0. The zero-order valence-corrected chi connectivity index (χ0v) is 14.3. The molecule has 0 spiro atoms. The second-order valence-corrected chi connectivity index (χ2v) is 6.12. The summed E-state index contributed by atoms with van der Waals surface area (Å²) in [6.07, 6.45) is 2.61. The largest absolute Gasteiger partial charge is 0.394 e. The maximum absolute atomic E-state index is 9.48. The van der Waals surface area contributed by atoms with Crippen LogP contribution in [0.1, 0.15) is 26.5 Å². The van der Waals surface area contributed by atoms with Crippen molar-refractivity contribution in [2.45, 2.75) is 44.5 Å². The number of aliphatic hydroxyl groups is 1. The zero-order valence-electron chi connectivity index (χ0n) is 14.3. The molecule has 2 aromatic rings. The van der Waals surface area contributed by atoms with Gasteiger partial charge in [-0.2, -0.15) is 0 Å². The Morgan fingerprint density at radius 1 is 1.42 bits per heavy atom. The molecule has 1 saturated heterocycles. The van der Waals surface area contributed by atoms with Gasteiger partial charge >= 0.3 is 0 Å². The Bertz CT molecular complexity index is 704. The van der Waals surface area contributed by atoms with Gasteiger partial charge in [0.15, 0.2) is 23.5 Å². The molecule has 3 atom stereocenters. The van der Waals surface area contributed by atoms with Crippen molar-refractivity contribution in [2.75, 3.05) is 26.1 Å². The van der Waals surface area contributed by atoms with Crippen molar-refractivity contribution in [3.05, 3.63) is 12.7 Å². The Morgan fingerprint density at radius 2 is 2.21 bits per heavy atom. The SMILES string of the molecule is CNc1ncnc2c1ncn2C1OC(CO)CC1OC(C)(C)OC. The highest BCUT2D eigenvalue weighted by Gasteiger charge is 2.41. The molecule has 9 nitrogen and oxygen atoms in total. The Kier molecular flexibility index (Phi) is 4.68. The average molecular weight is 337 g/mol. The van der Waals surface area contributed by atoms with Gasteiger partial charge in [0.2, 0.25) is 0 Å². The van der Waals surface area contributed by atoms with Crippen LogP contribution < -0.4 is 5.32 Å². The molecule has 1 fully saturated rings. The molecule has 24 heavy (non-hydrogen) atoms. The molecule has 3 rings (SSSR count). The number of aromatic nitrogens is 4. The topological polar surface area (TPSA) is 104 Å². The van der Waals surface area contributed by atoms with Gasteiger partial charge in [-0.15, -0.1) is 0 Å². The van der Waals surface area contributed by atoms with Gasteiger partial charge in [0.25, 0.3) is 0 Å². The summed E-state index contributed by atoms with van der Waals surface area (Å²) in [5.74, 6) is -0.122. The molecule has 2 aromatic heterocycles. The fourth-order valence-electron chi connectivity index (χ4n) is 2.82. The molecule has 0 amide bonds. The molecule has 132 valence electrons. The number of rotatable bonds is 6. The highest BCUT2D eigenvalue weighted by Crippen LogP contribution is 2.35. The summed E-state index contributed by atoms with van der Waals surface area (Å²) in [5, 5.41) is 12.5. The molecule has 3 unspecified atom stereocenters. The van der Waals surface area contributed by atoms with E-state index in [1.165, 1.54) is 6.33 Å². The lowest BCUT2D eigenvalue weighted by molar-refractivity contribution is -0.237. The lowest BCUT2D eigenvalue weighted by Gasteiger charge is -2.30. The number of hydrogen-bond donors (Lipinski definition) is 2. The maximum atomic E-state index is 9.48. The normalized spacial score (nSPS) is 24.6. The van der Waals surface area contributed by atoms with Gasteiger partial charge in [-0.3, -0.25) is 4.57 Å². The minimum Gasteiger partial charge on any atom is -0.394 e. The second kappa shape index (κ2) is 6.60. The van der Waals surface area contributed by atoms with Crippen LogP contribution in [0.2, 0.25) is 0 Å². The summed E-state index contributed by atoms with van der Waals surface area (Å²) < 4.78 is 19.2. The number of hydrogen-bond acceptors (Lipinski definition) is 8. The zero-order chi connectivity index (χ0) is 17.3. The van der Waals surface area contributed by atoms with Crippen molar-refractivity contribution in [2.24, 2.45) is 0 Å². The van der Waals surface area contributed by atoms with Crippen LogP contribution in [0.15, 0.2) is 12.7 Å². The first-order valence-corrected chi connectivity index (χ1v) is 7.83. The van der Waals surface area contributed by atoms with Crippen LogP contribution in [-0.2, 0) is 14.2 Å². The van der Waals surface area contributed by atoms with Gasteiger partial charge in [-0.25, -0.2) is 15.0 Å². The van der Waals surface area contributed by atoms with Crippen LogP contribution in [0, 0.1) is 0 Å². The molecule has 0 saturated carbocycles. The molecule has 1 aliphatic heterocycles. The number of methoxy groups -OCH3 is 1. The number of ether oxygens (including phenoxy) is 3. The van der Waals surface area contributed by atoms with E-state index < -0.39 is 12.0 Å². The van der Waals surface area contributed by atoms with Gasteiger partial charge in [0.05, 0.1) is 19.0 Å². The van der Waals surface area contributed by atoms with Gasteiger partial charge in [-0.1, -0.05) is 0 Å². The first-order chi connectivity index (χ1) is 11.5. The highest BCUT2D eigenvalue weighted by atomic mass is 16.7. The molecule has 0 aromatic carbocycles. The molecule has 2 N–H and O–H groups in total. The Balaban J connectivity index is 1.96. The Hall–Kier alpha value is -1.81. The third kappa shape index (κ3) is 3.07. The van der Waals surface area contributed by atoms with Crippen LogP contribution in [-0.4, -0.2) is 63.4 Å². The van der Waals surface area contributed by atoms with E-state index in [9.17, 15) is 5.11 Å². The first-order valence-electron chi connectivity index (χ1n) is 7.83. The molecule has 0 aliphatic carbocycles. The van der Waals surface area contributed by atoms with Crippen molar-refractivity contribution < 1.29 is 19.3 Å². The van der Waals surface area contributed by atoms with Gasteiger partial charge in [0.1, 0.15) is 17.9 Å². The number of aliphatic hydroxyl groups excluding tert-OH is 1. The standard InChI is InChI=1S/C15H23N5O4/c1-15(2,22-4)24-10-5-9(6-21)23-14(10)20-8-19-11-12(16-3)17-7-18-13(11)20/h7-10,14,21H,5-6H2,1-4H3,(H,16,17,18). The summed E-state index contributed by atoms with van der Waals surface area (Å²) in [6.45, 7) is 3.60. The number of nitrogens with one attached hydrogen (secondary N) is 1. The Labute approximate surface area is 140 Å². The molecular formula is C15H23N5O4. The van der Waals surface area contributed by atoms with Gasteiger partial charge in [-0.05, 0) is 13.8 Å². The number of fused-ring (bicyclic) bond motifs is 1. The minimum atomic E-state index is -0.766. The fraction of sp³-hybridized carbons (Fsp3) is 0.667. The monoisotopic (exact) mass is 337 g/mol. The van der Waals surface area contributed by atoms with E-state index in [1.54, 1.807) is 20.5 Å². The van der Waals surface area contributed by atoms with Crippen LogP contribution >= 0.6 is 0 Å². The van der Waals surface area contributed by atoms with E-state index in [2.05, 4.69) is 20.3 Å². The van der Waals surface area contributed by atoms with Crippen LogP contribution in [0.25, 0.3) is 11.2 Å². The summed E-state index contributed by atoms with van der Waals surface area (Å²) in [4.78, 5) is 12.9. The van der Waals surface area contributed by atoms with Crippen LogP contribution in [0.3, 0.4) is 0 Å². The highest BCUT2D eigenvalue weighted by molar-refractivity contribution is 5.82. The van der Waals surface area contributed by atoms with E-state index in [1.807, 2.05) is 18.4 Å². The van der Waals surface area contributed by atoms with E-state index in [0.29, 0.717) is 23.4 Å². The van der Waals surface area contributed by atoms with Crippen molar-refractivity contribution in [1.82, 2.24) is 19.5 Å². The molecule has 0 radical (unpaired) electrons. The maximum Gasteiger partial charge on any atom is 0.167 e. The average Bonchev–Trinajstić information content (AvgIpc) is 3.17. The van der Waals surface area contributed by atoms with Gasteiger partial charge in [0, 0.05) is 20.6 Å². The summed E-state index contributed by atoms with van der Waals surface area (Å²) in [6, 6.07) is 0. The van der Waals surface area contributed by atoms with Crippen molar-refractivity contribution in [1.29, 1.82) is 0 Å². The molecule has 3 heterocycles. The summed E-state index contributed by atoms with van der Waals surface area (Å²) in [5.41, 5.74) is 1.29. The predicted octanol–water partition coefficient (Wildman–Crippen LogP) is 0.915. The molecule has 9 heteroatoms.